The van der Waals surface area contributed by atoms with E-state index in [9.17, 15) is 14.4 Å². The highest BCUT2D eigenvalue weighted by Gasteiger charge is 2.42. The molecule has 0 radical (unpaired) electrons. The van der Waals surface area contributed by atoms with E-state index in [-0.39, 0.29) is 35.8 Å². The zero-order valence-corrected chi connectivity index (χ0v) is 15.0. The molecule has 140 valence electrons. The van der Waals surface area contributed by atoms with Crippen LogP contribution in [0.3, 0.4) is 0 Å². The molecule has 8 nitrogen and oxygen atoms in total. The number of ether oxygens (including phenoxy) is 1. The third-order valence-corrected chi connectivity index (χ3v) is 5.25. The SMILES string of the molecule is Cl.O=C1CC[C@H](NC(=O)c2ccc3c(n2)OCC32CCNCC2)C(=O)N1. The molecule has 3 N–H and O–H groups in total. The molecule has 1 spiro atoms. The van der Waals surface area contributed by atoms with Crippen LogP contribution < -0.4 is 20.7 Å². The van der Waals surface area contributed by atoms with Gasteiger partial charge in [-0.2, -0.15) is 0 Å². The van der Waals surface area contributed by atoms with Crippen molar-refractivity contribution in [3.8, 4) is 5.88 Å². The van der Waals surface area contributed by atoms with Crippen molar-refractivity contribution in [2.24, 2.45) is 0 Å². The molecule has 4 heterocycles. The van der Waals surface area contributed by atoms with Gasteiger partial charge in [-0.1, -0.05) is 6.07 Å². The lowest BCUT2D eigenvalue weighted by Gasteiger charge is -2.32. The Bertz CT molecular complexity index is 748. The average molecular weight is 381 g/mol. The Morgan fingerprint density at radius 2 is 2.04 bits per heavy atom. The van der Waals surface area contributed by atoms with Crippen molar-refractivity contribution < 1.29 is 19.1 Å². The van der Waals surface area contributed by atoms with Crippen LogP contribution in [-0.4, -0.2) is 48.4 Å². The molecule has 1 aromatic rings. The van der Waals surface area contributed by atoms with E-state index in [1.807, 2.05) is 6.07 Å². The Morgan fingerprint density at radius 1 is 1.27 bits per heavy atom. The molecule has 1 aromatic heterocycles. The number of halogens is 1. The van der Waals surface area contributed by atoms with E-state index in [0.717, 1.165) is 31.5 Å². The lowest BCUT2D eigenvalue weighted by Crippen LogP contribution is -2.52. The molecule has 3 aliphatic heterocycles. The molecule has 1 atom stereocenters. The van der Waals surface area contributed by atoms with Gasteiger partial charge in [0.25, 0.3) is 5.91 Å². The van der Waals surface area contributed by atoms with Crippen LogP contribution in [-0.2, 0) is 15.0 Å². The summed E-state index contributed by atoms with van der Waals surface area (Å²) in [5.41, 5.74) is 1.27. The van der Waals surface area contributed by atoms with Gasteiger partial charge in [0.2, 0.25) is 17.7 Å². The van der Waals surface area contributed by atoms with E-state index in [2.05, 4.69) is 20.9 Å². The van der Waals surface area contributed by atoms with Crippen molar-refractivity contribution in [2.45, 2.75) is 37.1 Å². The third-order valence-electron chi connectivity index (χ3n) is 5.25. The van der Waals surface area contributed by atoms with Crippen molar-refractivity contribution in [3.05, 3.63) is 23.4 Å². The van der Waals surface area contributed by atoms with Gasteiger partial charge >= 0.3 is 0 Å². The molecule has 9 heteroatoms. The van der Waals surface area contributed by atoms with E-state index >= 15 is 0 Å². The maximum atomic E-state index is 12.4. The van der Waals surface area contributed by atoms with Gasteiger partial charge in [0.1, 0.15) is 11.7 Å². The summed E-state index contributed by atoms with van der Waals surface area (Å²) in [4.78, 5) is 39.7. The third kappa shape index (κ3) is 3.26. The van der Waals surface area contributed by atoms with Crippen LogP contribution >= 0.6 is 12.4 Å². The monoisotopic (exact) mass is 380 g/mol. The number of piperidine rings is 2. The second-order valence-electron chi connectivity index (χ2n) is 6.85. The van der Waals surface area contributed by atoms with Crippen molar-refractivity contribution in [1.82, 2.24) is 20.9 Å². The van der Waals surface area contributed by atoms with Crippen molar-refractivity contribution >= 4 is 30.1 Å². The van der Waals surface area contributed by atoms with Gasteiger partial charge in [-0.05, 0) is 38.4 Å². The highest BCUT2D eigenvalue weighted by molar-refractivity contribution is 6.03. The minimum absolute atomic E-state index is 0. The van der Waals surface area contributed by atoms with Gasteiger partial charge in [-0.15, -0.1) is 12.4 Å². The largest absolute Gasteiger partial charge is 0.476 e. The number of nitrogens with one attached hydrogen (secondary N) is 3. The molecule has 3 amide bonds. The van der Waals surface area contributed by atoms with Gasteiger partial charge in [0.05, 0.1) is 6.61 Å². The van der Waals surface area contributed by atoms with Gasteiger partial charge in [-0.25, -0.2) is 4.98 Å². The van der Waals surface area contributed by atoms with Crippen molar-refractivity contribution in [3.63, 3.8) is 0 Å². The first kappa shape index (κ1) is 18.6. The summed E-state index contributed by atoms with van der Waals surface area (Å²) in [6, 6.07) is 2.88. The molecule has 0 aromatic carbocycles. The number of hydrogen-bond donors (Lipinski definition) is 3. The Hall–Kier alpha value is -2.19. The number of pyridine rings is 1. The summed E-state index contributed by atoms with van der Waals surface area (Å²) < 4.78 is 5.76. The molecular weight excluding hydrogens is 360 g/mol. The number of aromatic nitrogens is 1. The topological polar surface area (TPSA) is 109 Å². The number of nitrogens with zero attached hydrogens (tertiary/aromatic N) is 1. The second-order valence-corrected chi connectivity index (χ2v) is 6.85. The molecule has 0 aliphatic carbocycles. The number of hydrogen-bond acceptors (Lipinski definition) is 6. The smallest absolute Gasteiger partial charge is 0.270 e. The van der Waals surface area contributed by atoms with E-state index in [0.29, 0.717) is 18.9 Å². The number of carbonyl (C=O) groups excluding carboxylic acids is 3. The van der Waals surface area contributed by atoms with E-state index in [1.54, 1.807) is 6.07 Å². The van der Waals surface area contributed by atoms with Crippen LogP contribution in [0, 0.1) is 0 Å². The highest BCUT2D eigenvalue weighted by atomic mass is 35.5. The minimum atomic E-state index is -0.711. The van der Waals surface area contributed by atoms with Gasteiger partial charge in [-0.3, -0.25) is 19.7 Å². The molecule has 26 heavy (non-hydrogen) atoms. The summed E-state index contributed by atoms with van der Waals surface area (Å²) in [6.45, 7) is 2.48. The minimum Gasteiger partial charge on any atom is -0.476 e. The van der Waals surface area contributed by atoms with E-state index in [1.165, 1.54) is 0 Å². The Kier molecular flexibility index (Phi) is 5.15. The Balaban J connectivity index is 0.00000196. The first-order valence-electron chi connectivity index (χ1n) is 8.57. The number of amides is 3. The normalized spacial score (nSPS) is 23.5. The number of fused-ring (bicyclic) bond motifs is 2. The van der Waals surface area contributed by atoms with Gasteiger partial charge in [0, 0.05) is 17.4 Å². The van der Waals surface area contributed by atoms with Crippen LogP contribution in [0.2, 0.25) is 0 Å². The molecule has 0 bridgehead atoms. The quantitative estimate of drug-likeness (QED) is 0.625. The lowest BCUT2D eigenvalue weighted by molar-refractivity contribution is -0.134. The summed E-state index contributed by atoms with van der Waals surface area (Å²) in [5, 5.41) is 8.21. The average Bonchev–Trinajstić information content (AvgIpc) is 2.95. The fourth-order valence-corrected chi connectivity index (χ4v) is 3.75. The summed E-state index contributed by atoms with van der Waals surface area (Å²) in [5.74, 6) is -0.715. The predicted octanol–water partition coefficient (Wildman–Crippen LogP) is 0.0520. The van der Waals surface area contributed by atoms with E-state index in [4.69, 9.17) is 4.74 Å². The van der Waals surface area contributed by atoms with Crippen LogP contribution in [0.5, 0.6) is 5.88 Å². The van der Waals surface area contributed by atoms with Gasteiger partial charge in [0.15, 0.2) is 0 Å². The second kappa shape index (κ2) is 7.20. The maximum Gasteiger partial charge on any atom is 0.270 e. The van der Waals surface area contributed by atoms with Crippen LogP contribution in [0.15, 0.2) is 12.1 Å². The van der Waals surface area contributed by atoms with Gasteiger partial charge < -0.3 is 15.4 Å². The summed E-state index contributed by atoms with van der Waals surface area (Å²) >= 11 is 0. The first-order chi connectivity index (χ1) is 12.1. The van der Waals surface area contributed by atoms with Crippen LogP contribution in [0.4, 0.5) is 0 Å². The zero-order valence-electron chi connectivity index (χ0n) is 14.2. The number of rotatable bonds is 2. The fraction of sp³-hybridized carbons (Fsp3) is 0.529. The van der Waals surface area contributed by atoms with Crippen molar-refractivity contribution in [1.29, 1.82) is 0 Å². The predicted molar refractivity (Wildman–Crippen MR) is 94.4 cm³/mol. The Labute approximate surface area is 156 Å². The summed E-state index contributed by atoms with van der Waals surface area (Å²) in [6.07, 6.45) is 2.49. The van der Waals surface area contributed by atoms with Crippen LogP contribution in [0.1, 0.15) is 41.7 Å². The fourth-order valence-electron chi connectivity index (χ4n) is 3.75. The first-order valence-corrected chi connectivity index (χ1v) is 8.57. The number of carbonyl (C=O) groups is 3. The molecule has 2 saturated heterocycles. The summed E-state index contributed by atoms with van der Waals surface area (Å²) in [7, 11) is 0. The van der Waals surface area contributed by atoms with Crippen LogP contribution in [0.25, 0.3) is 0 Å². The zero-order chi connectivity index (χ0) is 17.4. The molecule has 4 rings (SSSR count). The van der Waals surface area contributed by atoms with Crippen molar-refractivity contribution in [2.75, 3.05) is 19.7 Å². The molecular formula is C17H21ClN4O4. The lowest BCUT2D eigenvalue weighted by atomic mass is 9.75. The maximum absolute atomic E-state index is 12.4. The highest BCUT2D eigenvalue weighted by Crippen LogP contribution is 2.43. The Morgan fingerprint density at radius 3 is 2.77 bits per heavy atom. The molecule has 0 unspecified atom stereocenters. The molecule has 0 saturated carbocycles. The molecule has 2 fully saturated rings. The standard InChI is InChI=1S/C17H20N4O4.ClH/c22-13-4-3-11(15(24)21-13)19-14(23)12-2-1-10-16(20-12)25-9-17(10)5-7-18-8-6-17;/h1-2,11,18H,3-9H2,(H,19,23)(H,21,22,24);1H/t11-;/m0./s1. The molecule has 3 aliphatic rings. The number of imide groups is 1. The van der Waals surface area contributed by atoms with E-state index < -0.39 is 17.9 Å².